The highest BCUT2D eigenvalue weighted by molar-refractivity contribution is 6.25. The second-order valence-electron chi connectivity index (χ2n) is 8.72. The maximum atomic E-state index is 13.0. The number of ether oxygens (including phenoxy) is 1. The quantitative estimate of drug-likeness (QED) is 0.391. The lowest BCUT2D eigenvalue weighted by Crippen LogP contribution is -2.54. The molecule has 1 fully saturated rings. The molecule has 33 heavy (non-hydrogen) atoms. The largest absolute Gasteiger partial charge is 0.460 e. The Bertz CT molecular complexity index is 1030. The minimum Gasteiger partial charge on any atom is -0.460 e. The highest BCUT2D eigenvalue weighted by Gasteiger charge is 2.45. The average Bonchev–Trinajstić information content (AvgIpc) is 2.96. The Labute approximate surface area is 190 Å². The van der Waals surface area contributed by atoms with Crippen LogP contribution in [-0.4, -0.2) is 65.1 Å². The van der Waals surface area contributed by atoms with Crippen LogP contribution in [0.2, 0.25) is 0 Å². The summed E-state index contributed by atoms with van der Waals surface area (Å²) in [6.45, 7) is 5.13. The van der Waals surface area contributed by atoms with Crippen LogP contribution in [0, 0.1) is 0 Å². The zero-order valence-electron chi connectivity index (χ0n) is 18.6. The van der Waals surface area contributed by atoms with Gasteiger partial charge in [0.25, 0.3) is 11.8 Å². The Morgan fingerprint density at radius 3 is 2.55 bits per heavy atom. The van der Waals surface area contributed by atoms with Gasteiger partial charge in [0.05, 0.1) is 24.1 Å². The highest BCUT2D eigenvalue weighted by Crippen LogP contribution is 2.32. The SMILES string of the molecule is CC(C)(C)OC(=O)CCNC(=O)CNc1cccc2c1C(=O)N(C1CCC(=O)NC1=O)C2=O. The Balaban J connectivity index is 1.61. The monoisotopic (exact) mass is 458 g/mol. The molecule has 1 atom stereocenters. The molecule has 11 nitrogen and oxygen atoms in total. The van der Waals surface area contributed by atoms with Crippen LogP contribution in [0.3, 0.4) is 0 Å². The first kappa shape index (κ1) is 23.9. The molecule has 1 unspecified atom stereocenters. The van der Waals surface area contributed by atoms with Gasteiger partial charge in [0.15, 0.2) is 0 Å². The molecule has 3 N–H and O–H groups in total. The Hall–Kier alpha value is -3.76. The van der Waals surface area contributed by atoms with E-state index in [1.54, 1.807) is 32.9 Å². The maximum Gasteiger partial charge on any atom is 0.308 e. The summed E-state index contributed by atoms with van der Waals surface area (Å²) < 4.78 is 5.17. The van der Waals surface area contributed by atoms with E-state index in [4.69, 9.17) is 4.74 Å². The number of nitrogens with zero attached hydrogens (tertiary/aromatic N) is 1. The molecule has 0 aromatic heterocycles. The number of nitrogens with one attached hydrogen (secondary N) is 3. The lowest BCUT2D eigenvalue weighted by molar-refractivity contribution is -0.154. The fourth-order valence-electron chi connectivity index (χ4n) is 3.60. The van der Waals surface area contributed by atoms with Gasteiger partial charge in [-0.1, -0.05) is 6.07 Å². The van der Waals surface area contributed by atoms with Crippen LogP contribution in [0.25, 0.3) is 0 Å². The van der Waals surface area contributed by atoms with Gasteiger partial charge < -0.3 is 15.4 Å². The Kier molecular flexibility index (Phi) is 6.80. The van der Waals surface area contributed by atoms with Crippen molar-refractivity contribution < 1.29 is 33.5 Å². The summed E-state index contributed by atoms with van der Waals surface area (Å²) in [4.78, 5) is 74.1. The van der Waals surface area contributed by atoms with Crippen LogP contribution >= 0.6 is 0 Å². The summed E-state index contributed by atoms with van der Waals surface area (Å²) in [6, 6.07) is 3.50. The van der Waals surface area contributed by atoms with Crippen LogP contribution in [0.15, 0.2) is 18.2 Å². The molecule has 3 rings (SSSR count). The van der Waals surface area contributed by atoms with Crippen LogP contribution < -0.4 is 16.0 Å². The molecule has 5 amide bonds. The van der Waals surface area contributed by atoms with E-state index < -0.39 is 47.1 Å². The van der Waals surface area contributed by atoms with E-state index in [2.05, 4.69) is 16.0 Å². The van der Waals surface area contributed by atoms with Crippen molar-refractivity contribution in [3.63, 3.8) is 0 Å². The lowest BCUT2D eigenvalue weighted by atomic mass is 10.0. The number of fused-ring (bicyclic) bond motifs is 1. The number of carbonyl (C=O) groups is 6. The minimum atomic E-state index is -1.07. The van der Waals surface area contributed by atoms with Crippen molar-refractivity contribution in [2.75, 3.05) is 18.4 Å². The highest BCUT2D eigenvalue weighted by atomic mass is 16.6. The number of anilines is 1. The smallest absolute Gasteiger partial charge is 0.308 e. The number of amides is 5. The van der Waals surface area contributed by atoms with E-state index in [1.165, 1.54) is 6.07 Å². The van der Waals surface area contributed by atoms with E-state index in [0.717, 1.165) is 4.90 Å². The minimum absolute atomic E-state index is 0.0116. The molecular weight excluding hydrogens is 432 g/mol. The number of imide groups is 2. The van der Waals surface area contributed by atoms with Gasteiger partial charge in [-0.05, 0) is 39.3 Å². The van der Waals surface area contributed by atoms with Crippen LogP contribution in [0.1, 0.15) is 60.7 Å². The van der Waals surface area contributed by atoms with Crippen LogP contribution in [0.4, 0.5) is 5.69 Å². The summed E-state index contributed by atoms with van der Waals surface area (Å²) >= 11 is 0. The van der Waals surface area contributed by atoms with Crippen molar-refractivity contribution in [1.82, 2.24) is 15.5 Å². The lowest BCUT2D eigenvalue weighted by Gasteiger charge is -2.27. The normalized spacial score (nSPS) is 18.0. The van der Waals surface area contributed by atoms with Crippen molar-refractivity contribution >= 4 is 41.2 Å². The van der Waals surface area contributed by atoms with Gasteiger partial charge in [0, 0.05) is 18.7 Å². The molecule has 0 saturated carbocycles. The number of hydrogen-bond acceptors (Lipinski definition) is 8. The molecule has 0 spiro atoms. The third-order valence-corrected chi connectivity index (χ3v) is 4.98. The number of esters is 1. The van der Waals surface area contributed by atoms with E-state index >= 15 is 0 Å². The number of benzene rings is 1. The van der Waals surface area contributed by atoms with Gasteiger partial charge in [-0.2, -0.15) is 0 Å². The van der Waals surface area contributed by atoms with E-state index in [1.807, 2.05) is 0 Å². The van der Waals surface area contributed by atoms with Gasteiger partial charge in [-0.15, -0.1) is 0 Å². The predicted molar refractivity (Wildman–Crippen MR) is 115 cm³/mol. The van der Waals surface area contributed by atoms with Gasteiger partial charge in [-0.25, -0.2) is 0 Å². The topological polar surface area (TPSA) is 151 Å². The molecule has 176 valence electrons. The third-order valence-electron chi connectivity index (χ3n) is 4.98. The molecule has 0 radical (unpaired) electrons. The van der Waals surface area contributed by atoms with E-state index in [9.17, 15) is 28.8 Å². The molecule has 2 aliphatic rings. The molecule has 11 heteroatoms. The Morgan fingerprint density at radius 1 is 1.15 bits per heavy atom. The number of hydrogen-bond donors (Lipinski definition) is 3. The Morgan fingerprint density at radius 2 is 1.88 bits per heavy atom. The second kappa shape index (κ2) is 9.39. The molecule has 1 aromatic carbocycles. The maximum absolute atomic E-state index is 13.0. The average molecular weight is 458 g/mol. The van der Waals surface area contributed by atoms with Crippen molar-refractivity contribution in [2.45, 2.75) is 51.7 Å². The molecule has 2 heterocycles. The van der Waals surface area contributed by atoms with Gasteiger partial charge in [0.2, 0.25) is 17.7 Å². The summed E-state index contributed by atoms with van der Waals surface area (Å²) in [6.07, 6.45) is 0.0922. The number of rotatable bonds is 7. The zero-order chi connectivity index (χ0) is 24.3. The van der Waals surface area contributed by atoms with Crippen LogP contribution in [0.5, 0.6) is 0 Å². The number of carbonyl (C=O) groups excluding carboxylic acids is 6. The zero-order valence-corrected chi connectivity index (χ0v) is 18.6. The molecule has 0 bridgehead atoms. The van der Waals surface area contributed by atoms with E-state index in [-0.39, 0.29) is 49.2 Å². The molecule has 1 saturated heterocycles. The van der Waals surface area contributed by atoms with Gasteiger partial charge in [-0.3, -0.25) is 39.0 Å². The number of piperidine rings is 1. The summed E-state index contributed by atoms with van der Waals surface area (Å²) in [5, 5.41) is 7.55. The molecule has 1 aromatic rings. The standard InChI is InChI=1S/C22H26N4O7/c1-22(2,3)33-17(29)9-10-23-16(28)11-24-13-6-4-5-12-18(13)21(32)26(20(12)31)14-7-8-15(27)25-19(14)30/h4-6,14,24H,7-11H2,1-3H3,(H,23,28)(H,25,27,30). The van der Waals surface area contributed by atoms with Crippen molar-refractivity contribution in [1.29, 1.82) is 0 Å². The fraction of sp³-hybridized carbons (Fsp3) is 0.455. The predicted octanol–water partition coefficient (Wildman–Crippen LogP) is 0.348. The van der Waals surface area contributed by atoms with Crippen LogP contribution in [-0.2, 0) is 23.9 Å². The summed E-state index contributed by atoms with van der Waals surface area (Å²) in [5.41, 5.74) is -0.168. The van der Waals surface area contributed by atoms with Crippen molar-refractivity contribution in [3.8, 4) is 0 Å². The molecular formula is C22H26N4O7. The summed E-state index contributed by atoms with van der Waals surface area (Å²) in [5.74, 6) is -3.30. The fourth-order valence-corrected chi connectivity index (χ4v) is 3.60. The van der Waals surface area contributed by atoms with Crippen molar-refractivity contribution in [2.24, 2.45) is 0 Å². The first-order chi connectivity index (χ1) is 15.5. The van der Waals surface area contributed by atoms with E-state index in [0.29, 0.717) is 0 Å². The first-order valence-electron chi connectivity index (χ1n) is 10.5. The van der Waals surface area contributed by atoms with Crippen molar-refractivity contribution in [3.05, 3.63) is 29.3 Å². The molecule has 0 aliphatic carbocycles. The first-order valence-corrected chi connectivity index (χ1v) is 10.5. The van der Waals surface area contributed by atoms with Gasteiger partial charge >= 0.3 is 5.97 Å². The summed E-state index contributed by atoms with van der Waals surface area (Å²) in [7, 11) is 0. The molecule has 2 aliphatic heterocycles. The second-order valence-corrected chi connectivity index (χ2v) is 8.72. The van der Waals surface area contributed by atoms with Gasteiger partial charge in [0.1, 0.15) is 11.6 Å². The third kappa shape index (κ3) is 5.54.